The third-order valence-electron chi connectivity index (χ3n) is 5.75. The number of benzene rings is 2. The van der Waals surface area contributed by atoms with Gasteiger partial charge in [0.15, 0.2) is 5.82 Å². The number of primary amides is 1. The van der Waals surface area contributed by atoms with Gasteiger partial charge in [-0.05, 0) is 42.8 Å². The van der Waals surface area contributed by atoms with Gasteiger partial charge in [-0.1, -0.05) is 12.1 Å². The smallest absolute Gasteiger partial charge is 0.293 e. The summed E-state index contributed by atoms with van der Waals surface area (Å²) in [6.45, 7) is 4.74. The van der Waals surface area contributed by atoms with Crippen LogP contribution in [0, 0.1) is 6.92 Å². The fourth-order valence-corrected chi connectivity index (χ4v) is 3.88. The molecule has 1 aliphatic rings. The van der Waals surface area contributed by atoms with Crippen molar-refractivity contribution in [3.8, 4) is 11.3 Å². The molecule has 9 heteroatoms. The van der Waals surface area contributed by atoms with E-state index in [2.05, 4.69) is 15.6 Å². The number of aromatic nitrogens is 2. The summed E-state index contributed by atoms with van der Waals surface area (Å²) in [5.74, 6) is -0.392. The lowest BCUT2D eigenvalue weighted by molar-refractivity contribution is 0.0735. The summed E-state index contributed by atoms with van der Waals surface area (Å²) < 4.78 is 1.43. The van der Waals surface area contributed by atoms with Crippen molar-refractivity contribution >= 4 is 23.3 Å². The summed E-state index contributed by atoms with van der Waals surface area (Å²) in [6.07, 6.45) is 1.62. The maximum Gasteiger partial charge on any atom is 0.293 e. The van der Waals surface area contributed by atoms with Gasteiger partial charge in [-0.3, -0.25) is 14.4 Å². The van der Waals surface area contributed by atoms with Crippen LogP contribution in [0.4, 0.5) is 11.5 Å². The lowest BCUT2D eigenvalue weighted by Crippen LogP contribution is -2.46. The number of anilines is 2. The lowest BCUT2D eigenvalue weighted by atomic mass is 10.00. The molecule has 4 N–H and O–H groups in total. The Morgan fingerprint density at radius 2 is 1.79 bits per heavy atom. The number of carbonyl (C=O) groups excluding carboxylic acids is 2. The minimum absolute atomic E-state index is 0.0103. The molecule has 1 saturated heterocycles. The van der Waals surface area contributed by atoms with Gasteiger partial charge in [-0.2, -0.15) is 0 Å². The second kappa shape index (κ2) is 9.25. The maximum absolute atomic E-state index is 12.7. The number of hydrogen-bond acceptors (Lipinski definition) is 6. The molecule has 2 aromatic carbocycles. The van der Waals surface area contributed by atoms with Crippen LogP contribution in [0.3, 0.4) is 0 Å². The van der Waals surface area contributed by atoms with Gasteiger partial charge in [0.25, 0.3) is 11.5 Å². The van der Waals surface area contributed by atoms with Crippen LogP contribution in [-0.2, 0) is 7.05 Å². The van der Waals surface area contributed by atoms with Gasteiger partial charge in [0.1, 0.15) is 0 Å². The standard InChI is InChI=1S/C24H26N6O3/c1-15-18(4-3-5-19(15)21(25)31)20-14-29(2)24(33)22(28-20)27-17-8-6-16(7-9-17)23(32)30-12-10-26-11-13-30/h3-9,14,26H,10-13H2,1-2H3,(H2,25,31)(H,27,28). The van der Waals surface area contributed by atoms with E-state index in [0.29, 0.717) is 46.7 Å². The number of amides is 2. The molecule has 33 heavy (non-hydrogen) atoms. The topological polar surface area (TPSA) is 122 Å². The van der Waals surface area contributed by atoms with Gasteiger partial charge in [0.2, 0.25) is 5.91 Å². The number of piperazine rings is 1. The van der Waals surface area contributed by atoms with Crippen molar-refractivity contribution in [1.82, 2.24) is 19.8 Å². The van der Waals surface area contributed by atoms with Gasteiger partial charge in [0, 0.05) is 61.8 Å². The van der Waals surface area contributed by atoms with E-state index < -0.39 is 5.91 Å². The van der Waals surface area contributed by atoms with Crippen LogP contribution < -0.4 is 21.9 Å². The second-order valence-corrected chi connectivity index (χ2v) is 7.98. The van der Waals surface area contributed by atoms with Crippen molar-refractivity contribution in [2.75, 3.05) is 31.5 Å². The van der Waals surface area contributed by atoms with Crippen molar-refractivity contribution in [3.63, 3.8) is 0 Å². The molecule has 0 aliphatic carbocycles. The van der Waals surface area contributed by atoms with E-state index in [1.54, 1.807) is 56.6 Å². The molecule has 170 valence electrons. The normalized spacial score (nSPS) is 13.6. The first-order valence-corrected chi connectivity index (χ1v) is 10.7. The quantitative estimate of drug-likeness (QED) is 0.548. The molecule has 1 aliphatic heterocycles. The fraction of sp³-hybridized carbons (Fsp3) is 0.250. The van der Waals surface area contributed by atoms with E-state index in [4.69, 9.17) is 5.73 Å². The number of nitrogens with one attached hydrogen (secondary N) is 2. The molecule has 1 fully saturated rings. The molecule has 0 unspecified atom stereocenters. The molecule has 0 bridgehead atoms. The van der Waals surface area contributed by atoms with Crippen LogP contribution in [0.25, 0.3) is 11.3 Å². The summed E-state index contributed by atoms with van der Waals surface area (Å²) in [5, 5.41) is 6.29. The van der Waals surface area contributed by atoms with Crippen LogP contribution in [0.1, 0.15) is 26.3 Å². The van der Waals surface area contributed by atoms with Crippen LogP contribution in [0.5, 0.6) is 0 Å². The average molecular weight is 447 g/mol. The molecule has 1 aromatic heterocycles. The zero-order valence-corrected chi connectivity index (χ0v) is 18.6. The Morgan fingerprint density at radius 3 is 2.45 bits per heavy atom. The van der Waals surface area contributed by atoms with Crippen molar-refractivity contribution in [2.24, 2.45) is 12.8 Å². The molecular weight excluding hydrogens is 420 g/mol. The summed E-state index contributed by atoms with van der Waals surface area (Å²) in [5.41, 5.74) is 8.74. The van der Waals surface area contributed by atoms with Crippen molar-refractivity contribution in [3.05, 3.63) is 75.7 Å². The largest absolute Gasteiger partial charge is 0.366 e. The van der Waals surface area contributed by atoms with E-state index in [-0.39, 0.29) is 17.3 Å². The van der Waals surface area contributed by atoms with E-state index >= 15 is 0 Å². The first-order valence-electron chi connectivity index (χ1n) is 10.7. The Bertz CT molecular complexity index is 1260. The van der Waals surface area contributed by atoms with Gasteiger partial charge in [0.05, 0.1) is 5.69 Å². The van der Waals surface area contributed by atoms with Gasteiger partial charge >= 0.3 is 0 Å². The summed E-state index contributed by atoms with van der Waals surface area (Å²) in [4.78, 5) is 43.4. The monoisotopic (exact) mass is 446 g/mol. The van der Waals surface area contributed by atoms with Gasteiger partial charge in [-0.25, -0.2) is 4.98 Å². The summed E-state index contributed by atoms with van der Waals surface area (Å²) >= 11 is 0. The number of hydrogen-bond donors (Lipinski definition) is 3. The first kappa shape index (κ1) is 22.2. The minimum atomic E-state index is -0.520. The lowest BCUT2D eigenvalue weighted by Gasteiger charge is -2.27. The SMILES string of the molecule is Cc1c(C(N)=O)cccc1-c1cn(C)c(=O)c(Nc2ccc(C(=O)N3CCNCC3)cc2)n1. The number of nitrogens with two attached hydrogens (primary N) is 1. The van der Waals surface area contributed by atoms with E-state index in [9.17, 15) is 14.4 Å². The van der Waals surface area contributed by atoms with Crippen LogP contribution in [-0.4, -0.2) is 52.4 Å². The van der Waals surface area contributed by atoms with Crippen LogP contribution in [0.2, 0.25) is 0 Å². The molecule has 0 radical (unpaired) electrons. The van der Waals surface area contributed by atoms with E-state index in [0.717, 1.165) is 13.1 Å². The molecule has 0 saturated carbocycles. The Labute approximate surface area is 191 Å². The fourth-order valence-electron chi connectivity index (χ4n) is 3.88. The minimum Gasteiger partial charge on any atom is -0.366 e. The molecular formula is C24H26N6O3. The second-order valence-electron chi connectivity index (χ2n) is 7.98. The van der Waals surface area contributed by atoms with Crippen LogP contribution >= 0.6 is 0 Å². The third-order valence-corrected chi connectivity index (χ3v) is 5.75. The highest BCUT2D eigenvalue weighted by Crippen LogP contribution is 2.25. The molecule has 0 atom stereocenters. The predicted octanol–water partition coefficient (Wildman–Crippen LogP) is 1.64. The van der Waals surface area contributed by atoms with Crippen molar-refractivity contribution < 1.29 is 9.59 Å². The third kappa shape index (κ3) is 4.63. The molecule has 2 amide bonds. The highest BCUT2D eigenvalue weighted by atomic mass is 16.2. The van der Waals surface area contributed by atoms with E-state index in [1.807, 2.05) is 11.0 Å². The predicted molar refractivity (Wildman–Crippen MR) is 127 cm³/mol. The Kier molecular flexibility index (Phi) is 6.23. The summed E-state index contributed by atoms with van der Waals surface area (Å²) in [7, 11) is 1.64. The highest BCUT2D eigenvalue weighted by molar-refractivity contribution is 5.96. The zero-order chi connectivity index (χ0) is 23.5. The Balaban J connectivity index is 1.61. The molecule has 9 nitrogen and oxygen atoms in total. The van der Waals surface area contributed by atoms with Crippen molar-refractivity contribution in [2.45, 2.75) is 6.92 Å². The van der Waals surface area contributed by atoms with E-state index in [1.165, 1.54) is 4.57 Å². The molecule has 4 rings (SSSR count). The highest BCUT2D eigenvalue weighted by Gasteiger charge is 2.18. The number of aryl methyl sites for hydroxylation is 1. The Morgan fingerprint density at radius 1 is 1.09 bits per heavy atom. The first-order chi connectivity index (χ1) is 15.8. The van der Waals surface area contributed by atoms with Gasteiger partial charge in [-0.15, -0.1) is 0 Å². The molecule has 2 heterocycles. The molecule has 3 aromatic rings. The average Bonchev–Trinajstić information content (AvgIpc) is 2.82. The van der Waals surface area contributed by atoms with Crippen LogP contribution in [0.15, 0.2) is 53.5 Å². The number of rotatable bonds is 5. The maximum atomic E-state index is 12.7. The zero-order valence-electron chi connectivity index (χ0n) is 18.6. The Hall–Kier alpha value is -3.98. The number of carbonyl (C=O) groups is 2. The molecule has 0 spiro atoms. The van der Waals surface area contributed by atoms with Gasteiger partial charge < -0.3 is 25.8 Å². The van der Waals surface area contributed by atoms with Crippen molar-refractivity contribution in [1.29, 1.82) is 0 Å². The summed E-state index contributed by atoms with van der Waals surface area (Å²) in [6, 6.07) is 12.2. The number of nitrogens with zero attached hydrogens (tertiary/aromatic N) is 3.